The van der Waals surface area contributed by atoms with Crippen molar-refractivity contribution in [3.63, 3.8) is 0 Å². The fourth-order valence-corrected chi connectivity index (χ4v) is 1.36. The van der Waals surface area contributed by atoms with Crippen molar-refractivity contribution in [3.8, 4) is 0 Å². The average Bonchev–Trinajstić information content (AvgIpc) is 2.48. The van der Waals surface area contributed by atoms with Gasteiger partial charge in [-0.15, -0.1) is 0 Å². The van der Waals surface area contributed by atoms with Crippen LogP contribution in [0.15, 0.2) is 12.1 Å². The van der Waals surface area contributed by atoms with Crippen LogP contribution in [-0.4, -0.2) is 15.1 Å². The van der Waals surface area contributed by atoms with E-state index in [1.54, 1.807) is 6.92 Å². The smallest absolute Gasteiger partial charge is 0.148 e. The maximum atomic E-state index is 13.2. The lowest BCUT2D eigenvalue weighted by atomic mass is 10.2. The van der Waals surface area contributed by atoms with E-state index in [1.807, 2.05) is 0 Å². The quantitative estimate of drug-likeness (QED) is 0.698. The van der Waals surface area contributed by atoms with Crippen LogP contribution in [0.1, 0.15) is 11.4 Å². The normalized spacial score (nSPS) is 11.0. The van der Waals surface area contributed by atoms with Crippen LogP contribution in [0.2, 0.25) is 0 Å². The van der Waals surface area contributed by atoms with Gasteiger partial charge in [0.1, 0.15) is 17.2 Å². The van der Waals surface area contributed by atoms with Crippen LogP contribution >= 0.6 is 0 Å². The molecule has 0 atom stereocenters. The van der Waals surface area contributed by atoms with Crippen molar-refractivity contribution in [2.45, 2.75) is 13.5 Å². The fourth-order valence-electron chi connectivity index (χ4n) is 1.36. The van der Waals surface area contributed by atoms with E-state index in [2.05, 4.69) is 9.97 Å². The predicted octanol–water partition coefficient (Wildman–Crippen LogP) is 1.50. The molecule has 0 saturated heterocycles. The van der Waals surface area contributed by atoms with Crippen molar-refractivity contribution >= 4 is 11.0 Å². The molecule has 0 radical (unpaired) electrons. The highest BCUT2D eigenvalue weighted by Crippen LogP contribution is 2.19. The number of aryl methyl sites for hydroxylation is 1. The summed E-state index contributed by atoms with van der Waals surface area (Å²) in [6.45, 7) is 1.63. The monoisotopic (exact) mass is 180 g/mol. The van der Waals surface area contributed by atoms with Crippen molar-refractivity contribution in [1.29, 1.82) is 0 Å². The summed E-state index contributed by atoms with van der Waals surface area (Å²) in [7, 11) is 0. The van der Waals surface area contributed by atoms with E-state index < -0.39 is 0 Å². The molecule has 3 nitrogen and oxygen atoms in total. The molecule has 4 heteroatoms. The Morgan fingerprint density at radius 3 is 3.00 bits per heavy atom. The number of nitrogens with one attached hydrogen (secondary N) is 1. The molecule has 1 heterocycles. The third kappa shape index (κ3) is 1.19. The van der Waals surface area contributed by atoms with Gasteiger partial charge in [-0.1, -0.05) is 6.07 Å². The molecule has 13 heavy (non-hydrogen) atoms. The van der Waals surface area contributed by atoms with Gasteiger partial charge in [0.25, 0.3) is 0 Å². The molecule has 0 spiro atoms. The molecule has 0 aliphatic carbocycles. The maximum absolute atomic E-state index is 13.2. The number of fused-ring (bicyclic) bond motifs is 1. The van der Waals surface area contributed by atoms with Crippen molar-refractivity contribution in [2.75, 3.05) is 0 Å². The number of hydrogen-bond donors (Lipinski definition) is 2. The Morgan fingerprint density at radius 2 is 2.31 bits per heavy atom. The Hall–Kier alpha value is -1.42. The van der Waals surface area contributed by atoms with Gasteiger partial charge in [-0.25, -0.2) is 9.37 Å². The molecule has 0 saturated carbocycles. The van der Waals surface area contributed by atoms with E-state index >= 15 is 0 Å². The molecule has 68 valence electrons. The molecular weight excluding hydrogens is 171 g/mol. The summed E-state index contributed by atoms with van der Waals surface area (Å²) < 4.78 is 13.2. The van der Waals surface area contributed by atoms with Gasteiger partial charge in [0.2, 0.25) is 0 Å². The van der Waals surface area contributed by atoms with E-state index in [1.165, 1.54) is 12.1 Å². The van der Waals surface area contributed by atoms with Gasteiger partial charge in [0.15, 0.2) is 0 Å². The number of imidazole rings is 1. The average molecular weight is 180 g/mol. The minimum absolute atomic E-state index is 0.124. The number of nitrogens with zero attached hydrogens (tertiary/aromatic N) is 1. The molecule has 0 unspecified atom stereocenters. The second kappa shape index (κ2) is 2.81. The van der Waals surface area contributed by atoms with Crippen molar-refractivity contribution in [1.82, 2.24) is 9.97 Å². The fraction of sp³-hybridized carbons (Fsp3) is 0.222. The minimum Gasteiger partial charge on any atom is -0.392 e. The molecule has 2 N–H and O–H groups in total. The van der Waals surface area contributed by atoms with E-state index in [9.17, 15) is 4.39 Å². The number of H-pyrrole nitrogens is 1. The Bertz CT molecular complexity index is 450. The van der Waals surface area contributed by atoms with Gasteiger partial charge in [-0.3, -0.25) is 0 Å². The number of halogens is 1. The van der Waals surface area contributed by atoms with Crippen LogP contribution in [0.3, 0.4) is 0 Å². The van der Waals surface area contributed by atoms with Crippen molar-refractivity contribution in [2.24, 2.45) is 0 Å². The van der Waals surface area contributed by atoms with E-state index in [4.69, 9.17) is 5.11 Å². The summed E-state index contributed by atoms with van der Waals surface area (Å²) in [5.74, 6) is 0.308. The Labute approximate surface area is 74.2 Å². The number of benzene rings is 1. The van der Waals surface area contributed by atoms with Crippen molar-refractivity contribution < 1.29 is 9.50 Å². The summed E-state index contributed by atoms with van der Waals surface area (Å²) in [5, 5.41) is 8.96. The first-order valence-electron chi connectivity index (χ1n) is 3.97. The Morgan fingerprint density at radius 1 is 1.54 bits per heavy atom. The lowest BCUT2D eigenvalue weighted by molar-refractivity contribution is 0.283. The first-order chi connectivity index (χ1) is 6.22. The van der Waals surface area contributed by atoms with Crippen LogP contribution in [0.25, 0.3) is 11.0 Å². The molecule has 2 aromatic rings. The lowest BCUT2D eigenvalue weighted by Crippen LogP contribution is -1.87. The summed E-state index contributed by atoms with van der Waals surface area (Å²) in [5.41, 5.74) is 1.52. The molecular formula is C9H9FN2O. The summed E-state index contributed by atoms with van der Waals surface area (Å²) in [4.78, 5) is 6.89. The van der Waals surface area contributed by atoms with E-state index in [0.717, 1.165) is 0 Å². The molecule has 1 aromatic carbocycles. The van der Waals surface area contributed by atoms with E-state index in [0.29, 0.717) is 22.4 Å². The molecule has 1 aromatic heterocycles. The third-order valence-corrected chi connectivity index (χ3v) is 1.97. The highest BCUT2D eigenvalue weighted by molar-refractivity contribution is 5.79. The maximum Gasteiger partial charge on any atom is 0.148 e. The molecule has 0 bridgehead atoms. The molecule has 0 amide bonds. The van der Waals surface area contributed by atoms with Gasteiger partial charge in [0.05, 0.1) is 12.1 Å². The number of aliphatic hydroxyl groups excluding tert-OH is 1. The SMILES string of the molecule is Cc1nc2c(CO)ccc(F)c2[nH]1. The number of hydrogen-bond acceptors (Lipinski definition) is 2. The summed E-state index contributed by atoms with van der Waals surface area (Å²) in [6.07, 6.45) is 0. The first-order valence-corrected chi connectivity index (χ1v) is 3.97. The zero-order valence-corrected chi connectivity index (χ0v) is 7.13. The summed E-state index contributed by atoms with van der Waals surface area (Å²) >= 11 is 0. The number of aliphatic hydroxyl groups is 1. The van der Waals surface area contributed by atoms with Gasteiger partial charge < -0.3 is 10.1 Å². The van der Waals surface area contributed by atoms with Gasteiger partial charge in [-0.05, 0) is 13.0 Å². The van der Waals surface area contributed by atoms with Gasteiger partial charge >= 0.3 is 0 Å². The molecule has 2 rings (SSSR count). The number of aromatic amines is 1. The van der Waals surface area contributed by atoms with Crippen LogP contribution in [0.4, 0.5) is 4.39 Å². The highest BCUT2D eigenvalue weighted by Gasteiger charge is 2.08. The molecule has 0 fully saturated rings. The van der Waals surface area contributed by atoms with Gasteiger partial charge in [-0.2, -0.15) is 0 Å². The first kappa shape index (κ1) is 8.19. The predicted molar refractivity (Wildman–Crippen MR) is 46.7 cm³/mol. The third-order valence-electron chi connectivity index (χ3n) is 1.97. The second-order valence-electron chi connectivity index (χ2n) is 2.91. The standard InChI is InChI=1S/C9H9FN2O/c1-5-11-8-6(4-13)2-3-7(10)9(8)12-5/h2-3,13H,4H2,1H3,(H,11,12). The summed E-state index contributed by atoms with van der Waals surface area (Å²) in [6, 6.07) is 2.86. The topological polar surface area (TPSA) is 48.9 Å². The molecule has 0 aliphatic heterocycles. The zero-order chi connectivity index (χ0) is 9.42. The van der Waals surface area contributed by atoms with Crippen LogP contribution < -0.4 is 0 Å². The minimum atomic E-state index is -0.340. The Kier molecular flexibility index (Phi) is 1.77. The zero-order valence-electron chi connectivity index (χ0n) is 7.13. The Balaban J connectivity index is 2.83. The van der Waals surface area contributed by atoms with Crippen LogP contribution in [-0.2, 0) is 6.61 Å². The van der Waals surface area contributed by atoms with Crippen LogP contribution in [0.5, 0.6) is 0 Å². The van der Waals surface area contributed by atoms with Crippen molar-refractivity contribution in [3.05, 3.63) is 29.3 Å². The number of aromatic nitrogens is 2. The van der Waals surface area contributed by atoms with E-state index in [-0.39, 0.29) is 12.4 Å². The largest absolute Gasteiger partial charge is 0.392 e. The second-order valence-corrected chi connectivity index (χ2v) is 2.91. The van der Waals surface area contributed by atoms with Gasteiger partial charge in [0, 0.05) is 5.56 Å². The number of rotatable bonds is 1. The van der Waals surface area contributed by atoms with Crippen LogP contribution in [0, 0.1) is 12.7 Å². The lowest BCUT2D eigenvalue weighted by Gasteiger charge is -1.97. The highest BCUT2D eigenvalue weighted by atomic mass is 19.1. The molecule has 0 aliphatic rings.